The number of hydrogen-bond donors (Lipinski definition) is 1. The van der Waals surface area contributed by atoms with E-state index in [0.29, 0.717) is 23.7 Å². The fourth-order valence-corrected chi connectivity index (χ4v) is 1.80. The number of benzene rings is 2. The van der Waals surface area contributed by atoms with Crippen molar-refractivity contribution in [1.82, 2.24) is 5.48 Å². The quantitative estimate of drug-likeness (QED) is 0.830. The molecule has 0 bridgehead atoms. The van der Waals surface area contributed by atoms with E-state index >= 15 is 0 Å². The van der Waals surface area contributed by atoms with E-state index in [1.54, 1.807) is 25.3 Å². The van der Waals surface area contributed by atoms with Crippen LogP contribution in [0.5, 0.6) is 11.5 Å². The van der Waals surface area contributed by atoms with Crippen LogP contribution in [-0.4, -0.2) is 20.1 Å². The molecule has 0 aromatic heterocycles. The van der Waals surface area contributed by atoms with Gasteiger partial charge in [0.25, 0.3) is 5.91 Å². The summed E-state index contributed by atoms with van der Waals surface area (Å²) in [6, 6.07) is 14.5. The zero-order valence-electron chi connectivity index (χ0n) is 12.0. The Morgan fingerprint density at radius 3 is 2.48 bits per heavy atom. The van der Waals surface area contributed by atoms with Crippen LogP contribution in [0.25, 0.3) is 0 Å². The molecular weight excluding hydrogens is 270 g/mol. The number of carbonyl (C=O) groups is 1. The van der Waals surface area contributed by atoms with E-state index in [-0.39, 0.29) is 5.91 Å². The Kier molecular flexibility index (Phi) is 5.17. The standard InChI is InChI=1S/C16H17NO4/c1-19-13-8-9-14(15(10-13)20-2)16(18)17-21-11-12-6-4-3-5-7-12/h3-10H,11H2,1-2H3,(H,17,18). The summed E-state index contributed by atoms with van der Waals surface area (Å²) in [5.41, 5.74) is 3.75. The lowest BCUT2D eigenvalue weighted by atomic mass is 10.2. The number of nitrogens with one attached hydrogen (secondary N) is 1. The summed E-state index contributed by atoms with van der Waals surface area (Å²) in [5.74, 6) is 0.675. The van der Waals surface area contributed by atoms with Gasteiger partial charge in [0.15, 0.2) is 0 Å². The summed E-state index contributed by atoms with van der Waals surface area (Å²) in [6.07, 6.45) is 0. The molecule has 0 atom stereocenters. The van der Waals surface area contributed by atoms with E-state index in [0.717, 1.165) is 5.56 Å². The number of rotatable bonds is 6. The molecule has 5 nitrogen and oxygen atoms in total. The minimum atomic E-state index is -0.370. The fraction of sp³-hybridized carbons (Fsp3) is 0.188. The molecule has 0 saturated carbocycles. The first kappa shape index (κ1) is 14.9. The van der Waals surface area contributed by atoms with Gasteiger partial charge in [0.1, 0.15) is 11.5 Å². The Morgan fingerprint density at radius 1 is 1.05 bits per heavy atom. The van der Waals surface area contributed by atoms with E-state index in [1.807, 2.05) is 30.3 Å². The highest BCUT2D eigenvalue weighted by atomic mass is 16.6. The predicted octanol–water partition coefficient (Wildman–Crippen LogP) is 2.57. The first-order valence-corrected chi connectivity index (χ1v) is 6.42. The Labute approximate surface area is 123 Å². The van der Waals surface area contributed by atoms with Crippen LogP contribution in [0.1, 0.15) is 15.9 Å². The highest BCUT2D eigenvalue weighted by molar-refractivity contribution is 5.96. The van der Waals surface area contributed by atoms with Gasteiger partial charge in [-0.05, 0) is 17.7 Å². The average Bonchev–Trinajstić information content (AvgIpc) is 2.55. The molecule has 0 spiro atoms. The minimum Gasteiger partial charge on any atom is -0.497 e. The summed E-state index contributed by atoms with van der Waals surface area (Å²) in [6.45, 7) is 0.297. The van der Waals surface area contributed by atoms with Gasteiger partial charge in [-0.15, -0.1) is 0 Å². The van der Waals surface area contributed by atoms with Crippen LogP contribution in [0.3, 0.4) is 0 Å². The fourth-order valence-electron chi connectivity index (χ4n) is 1.80. The monoisotopic (exact) mass is 287 g/mol. The van der Waals surface area contributed by atoms with E-state index in [1.165, 1.54) is 7.11 Å². The summed E-state index contributed by atoms with van der Waals surface area (Å²) < 4.78 is 10.3. The van der Waals surface area contributed by atoms with Crippen molar-refractivity contribution < 1.29 is 19.1 Å². The van der Waals surface area contributed by atoms with Crippen molar-refractivity contribution in [2.45, 2.75) is 6.61 Å². The molecule has 0 unspecified atom stereocenters. The van der Waals surface area contributed by atoms with Crippen molar-refractivity contribution >= 4 is 5.91 Å². The van der Waals surface area contributed by atoms with E-state index in [2.05, 4.69) is 5.48 Å². The molecule has 0 aliphatic rings. The largest absolute Gasteiger partial charge is 0.497 e. The smallest absolute Gasteiger partial charge is 0.278 e. The summed E-state index contributed by atoms with van der Waals surface area (Å²) >= 11 is 0. The molecule has 0 aliphatic heterocycles. The average molecular weight is 287 g/mol. The number of ether oxygens (including phenoxy) is 2. The van der Waals surface area contributed by atoms with Gasteiger partial charge in [0, 0.05) is 6.07 Å². The normalized spacial score (nSPS) is 10.0. The maximum absolute atomic E-state index is 12.1. The third kappa shape index (κ3) is 3.97. The Morgan fingerprint density at radius 2 is 1.81 bits per heavy atom. The summed E-state index contributed by atoms with van der Waals surface area (Å²) in [4.78, 5) is 17.3. The maximum atomic E-state index is 12.1. The van der Waals surface area contributed by atoms with Gasteiger partial charge in [0.2, 0.25) is 0 Å². The van der Waals surface area contributed by atoms with Crippen molar-refractivity contribution in [3.63, 3.8) is 0 Å². The van der Waals surface area contributed by atoms with Crippen molar-refractivity contribution in [1.29, 1.82) is 0 Å². The lowest BCUT2D eigenvalue weighted by Gasteiger charge is -2.10. The highest BCUT2D eigenvalue weighted by Crippen LogP contribution is 2.24. The molecule has 2 rings (SSSR count). The molecule has 1 N–H and O–H groups in total. The number of hydrogen-bond acceptors (Lipinski definition) is 4. The molecule has 2 aromatic carbocycles. The Balaban J connectivity index is 1.97. The van der Waals surface area contributed by atoms with Gasteiger partial charge in [0.05, 0.1) is 26.4 Å². The molecular formula is C16H17NO4. The second-order valence-corrected chi connectivity index (χ2v) is 4.27. The zero-order chi connectivity index (χ0) is 15.1. The van der Waals surface area contributed by atoms with Gasteiger partial charge < -0.3 is 9.47 Å². The molecule has 110 valence electrons. The molecule has 0 saturated heterocycles. The van der Waals surface area contributed by atoms with Gasteiger partial charge in [-0.2, -0.15) is 0 Å². The Bertz CT molecular complexity index is 598. The van der Waals surface area contributed by atoms with Crippen LogP contribution in [-0.2, 0) is 11.4 Å². The van der Waals surface area contributed by atoms with Crippen LogP contribution >= 0.6 is 0 Å². The number of carbonyl (C=O) groups excluding carboxylic acids is 1. The van der Waals surface area contributed by atoms with Gasteiger partial charge in [-0.1, -0.05) is 30.3 Å². The SMILES string of the molecule is COc1ccc(C(=O)NOCc2ccccc2)c(OC)c1. The first-order chi connectivity index (χ1) is 10.2. The van der Waals surface area contributed by atoms with E-state index < -0.39 is 0 Å². The van der Waals surface area contributed by atoms with Gasteiger partial charge >= 0.3 is 0 Å². The molecule has 21 heavy (non-hydrogen) atoms. The zero-order valence-corrected chi connectivity index (χ0v) is 12.0. The summed E-state index contributed by atoms with van der Waals surface area (Å²) in [7, 11) is 3.05. The second-order valence-electron chi connectivity index (χ2n) is 4.27. The number of methoxy groups -OCH3 is 2. The van der Waals surface area contributed by atoms with Crippen LogP contribution in [0.4, 0.5) is 0 Å². The lowest BCUT2D eigenvalue weighted by molar-refractivity contribution is 0.0231. The lowest BCUT2D eigenvalue weighted by Crippen LogP contribution is -2.24. The van der Waals surface area contributed by atoms with Crippen LogP contribution in [0.15, 0.2) is 48.5 Å². The van der Waals surface area contributed by atoms with Crippen molar-refractivity contribution in [2.75, 3.05) is 14.2 Å². The van der Waals surface area contributed by atoms with Crippen molar-refractivity contribution in [2.24, 2.45) is 0 Å². The van der Waals surface area contributed by atoms with Crippen LogP contribution in [0.2, 0.25) is 0 Å². The Hall–Kier alpha value is -2.53. The molecule has 0 fully saturated rings. The first-order valence-electron chi connectivity index (χ1n) is 6.42. The molecule has 5 heteroatoms. The van der Waals surface area contributed by atoms with E-state index in [9.17, 15) is 4.79 Å². The van der Waals surface area contributed by atoms with Crippen molar-refractivity contribution in [3.8, 4) is 11.5 Å². The third-order valence-electron chi connectivity index (χ3n) is 2.90. The van der Waals surface area contributed by atoms with E-state index in [4.69, 9.17) is 14.3 Å². The minimum absolute atomic E-state index is 0.297. The molecule has 2 aromatic rings. The molecule has 0 radical (unpaired) electrons. The molecule has 0 heterocycles. The predicted molar refractivity (Wildman–Crippen MR) is 78.2 cm³/mol. The third-order valence-corrected chi connectivity index (χ3v) is 2.90. The maximum Gasteiger partial charge on any atom is 0.278 e. The molecule has 0 aliphatic carbocycles. The van der Waals surface area contributed by atoms with Crippen molar-refractivity contribution in [3.05, 3.63) is 59.7 Å². The number of hydroxylamine groups is 1. The number of amides is 1. The van der Waals surface area contributed by atoms with Crippen LogP contribution < -0.4 is 15.0 Å². The molecule has 1 amide bonds. The van der Waals surface area contributed by atoms with Crippen LogP contribution in [0, 0.1) is 0 Å². The van der Waals surface area contributed by atoms with Gasteiger partial charge in [-0.3, -0.25) is 9.63 Å². The topological polar surface area (TPSA) is 56.8 Å². The highest BCUT2D eigenvalue weighted by Gasteiger charge is 2.13. The second kappa shape index (κ2) is 7.31. The van der Waals surface area contributed by atoms with Gasteiger partial charge in [-0.25, -0.2) is 5.48 Å². The summed E-state index contributed by atoms with van der Waals surface area (Å²) in [5, 5.41) is 0.